The van der Waals surface area contributed by atoms with Crippen molar-refractivity contribution in [3.05, 3.63) is 59.4 Å². The number of ether oxygens (including phenoxy) is 1. The zero-order chi connectivity index (χ0) is 13.7. The summed E-state index contributed by atoms with van der Waals surface area (Å²) in [4.78, 5) is 11.6. The molecule has 20 heavy (non-hydrogen) atoms. The quantitative estimate of drug-likeness (QED) is 0.574. The van der Waals surface area contributed by atoms with Crippen LogP contribution in [0.4, 0.5) is 10.5 Å². The molecular weight excluding hydrogens is 391 g/mol. The van der Waals surface area contributed by atoms with Crippen LogP contribution in [0.5, 0.6) is 0 Å². The standard InChI is InChI=1S/C14H13ClN2O2.HI/c1-17-8-6-11(7-9-17)10-19-14(18)16-13-4-2-12(15)3-5-13;/h2-9H,10H2,1H3;1H. The fourth-order valence-electron chi connectivity index (χ4n) is 1.46. The molecule has 4 nitrogen and oxygen atoms in total. The van der Waals surface area contributed by atoms with Gasteiger partial charge in [0.1, 0.15) is 13.7 Å². The lowest BCUT2D eigenvalue weighted by atomic mass is 10.3. The van der Waals surface area contributed by atoms with E-state index >= 15 is 0 Å². The number of pyridine rings is 1. The number of benzene rings is 1. The number of aromatic nitrogens is 1. The molecule has 1 amide bonds. The molecule has 0 saturated heterocycles. The van der Waals surface area contributed by atoms with Gasteiger partial charge in [-0.2, -0.15) is 0 Å². The van der Waals surface area contributed by atoms with E-state index in [1.807, 2.05) is 36.1 Å². The molecule has 1 aromatic heterocycles. The molecule has 0 aliphatic rings. The Morgan fingerprint density at radius 2 is 1.80 bits per heavy atom. The molecule has 106 valence electrons. The van der Waals surface area contributed by atoms with Gasteiger partial charge in [-0.25, -0.2) is 9.36 Å². The van der Waals surface area contributed by atoms with E-state index in [1.165, 1.54) is 0 Å². The van der Waals surface area contributed by atoms with Crippen LogP contribution in [0.1, 0.15) is 5.56 Å². The Morgan fingerprint density at radius 3 is 2.40 bits per heavy atom. The predicted molar refractivity (Wildman–Crippen MR) is 72.9 cm³/mol. The summed E-state index contributed by atoms with van der Waals surface area (Å²) >= 11 is 5.76. The van der Waals surface area contributed by atoms with Crippen molar-refractivity contribution in [3.8, 4) is 0 Å². The van der Waals surface area contributed by atoms with E-state index in [-0.39, 0.29) is 30.6 Å². The number of nitrogens with zero attached hydrogens (tertiary/aromatic N) is 1. The van der Waals surface area contributed by atoms with Crippen LogP contribution in [0.3, 0.4) is 0 Å². The minimum Gasteiger partial charge on any atom is -1.00 e. The maximum atomic E-state index is 11.6. The van der Waals surface area contributed by atoms with Gasteiger partial charge in [0.15, 0.2) is 12.4 Å². The Hall–Kier alpha value is -1.34. The van der Waals surface area contributed by atoms with Gasteiger partial charge in [0, 0.05) is 28.4 Å². The fourth-order valence-corrected chi connectivity index (χ4v) is 1.59. The van der Waals surface area contributed by atoms with E-state index in [4.69, 9.17) is 16.3 Å². The van der Waals surface area contributed by atoms with E-state index in [1.54, 1.807) is 24.3 Å². The highest BCUT2D eigenvalue weighted by molar-refractivity contribution is 6.30. The van der Waals surface area contributed by atoms with Crippen molar-refractivity contribution in [1.29, 1.82) is 0 Å². The molecule has 2 rings (SSSR count). The monoisotopic (exact) mass is 404 g/mol. The van der Waals surface area contributed by atoms with Gasteiger partial charge >= 0.3 is 6.09 Å². The Morgan fingerprint density at radius 1 is 1.20 bits per heavy atom. The van der Waals surface area contributed by atoms with E-state index in [0.29, 0.717) is 10.7 Å². The van der Waals surface area contributed by atoms with E-state index < -0.39 is 6.09 Å². The average Bonchev–Trinajstić information content (AvgIpc) is 2.41. The number of rotatable bonds is 3. The van der Waals surface area contributed by atoms with Crippen molar-refractivity contribution in [2.75, 3.05) is 5.32 Å². The van der Waals surface area contributed by atoms with Crippen LogP contribution in [0.2, 0.25) is 5.02 Å². The topological polar surface area (TPSA) is 42.2 Å². The number of hydrogen-bond donors (Lipinski definition) is 1. The summed E-state index contributed by atoms with van der Waals surface area (Å²) in [5.74, 6) is 0. The van der Waals surface area contributed by atoms with E-state index in [2.05, 4.69) is 5.32 Å². The highest BCUT2D eigenvalue weighted by Crippen LogP contribution is 2.13. The van der Waals surface area contributed by atoms with Crippen LogP contribution in [0, 0.1) is 0 Å². The summed E-state index contributed by atoms with van der Waals surface area (Å²) in [6, 6.07) is 10.6. The van der Waals surface area contributed by atoms with Crippen LogP contribution >= 0.6 is 11.6 Å². The number of hydrogen-bond acceptors (Lipinski definition) is 2. The number of carbonyl (C=O) groups excluding carboxylic acids is 1. The third-order valence-electron chi connectivity index (χ3n) is 2.51. The van der Waals surface area contributed by atoms with Gasteiger partial charge in [-0.15, -0.1) is 0 Å². The van der Waals surface area contributed by atoms with Crippen molar-refractivity contribution in [3.63, 3.8) is 0 Å². The molecule has 1 N–H and O–H groups in total. The molecule has 0 radical (unpaired) electrons. The summed E-state index contributed by atoms with van der Waals surface area (Å²) in [5, 5.41) is 3.25. The first-order valence-electron chi connectivity index (χ1n) is 5.77. The number of amides is 1. The van der Waals surface area contributed by atoms with Crippen molar-refractivity contribution < 1.29 is 38.1 Å². The van der Waals surface area contributed by atoms with Gasteiger partial charge in [0.25, 0.3) is 0 Å². The number of carbonyl (C=O) groups is 1. The Bertz CT molecular complexity index is 558. The molecule has 0 unspecified atom stereocenters. The maximum Gasteiger partial charge on any atom is 0.411 e. The van der Waals surface area contributed by atoms with Gasteiger partial charge < -0.3 is 28.7 Å². The van der Waals surface area contributed by atoms with Crippen LogP contribution < -0.4 is 33.9 Å². The molecule has 0 aliphatic heterocycles. The molecule has 0 atom stereocenters. The molecule has 0 spiro atoms. The molecule has 0 aliphatic carbocycles. The van der Waals surface area contributed by atoms with Crippen LogP contribution in [0.25, 0.3) is 0 Å². The zero-order valence-corrected chi connectivity index (χ0v) is 13.8. The first-order chi connectivity index (χ1) is 9.13. The van der Waals surface area contributed by atoms with Crippen molar-refractivity contribution in [1.82, 2.24) is 0 Å². The number of aryl methyl sites for hydroxylation is 1. The smallest absolute Gasteiger partial charge is 0.411 e. The Kier molecular flexibility index (Phi) is 6.74. The maximum absolute atomic E-state index is 11.6. The number of halogens is 2. The second-order valence-electron chi connectivity index (χ2n) is 4.08. The average molecular weight is 405 g/mol. The lowest BCUT2D eigenvalue weighted by Crippen LogP contribution is -3.00. The highest BCUT2D eigenvalue weighted by atomic mass is 127. The predicted octanol–water partition coefficient (Wildman–Crippen LogP) is -0.0828. The minimum atomic E-state index is -0.490. The lowest BCUT2D eigenvalue weighted by Gasteiger charge is -2.06. The Labute approximate surface area is 139 Å². The molecule has 0 saturated carbocycles. The molecule has 1 aromatic carbocycles. The molecule has 0 fully saturated rings. The first kappa shape index (κ1) is 16.7. The summed E-state index contributed by atoms with van der Waals surface area (Å²) in [6.45, 7) is 0.236. The molecule has 1 heterocycles. The number of nitrogens with one attached hydrogen (secondary N) is 1. The summed E-state index contributed by atoms with van der Waals surface area (Å²) < 4.78 is 7.02. The number of anilines is 1. The van der Waals surface area contributed by atoms with Crippen molar-refractivity contribution in [2.45, 2.75) is 6.61 Å². The minimum absolute atomic E-state index is 0. The van der Waals surface area contributed by atoms with Crippen LogP contribution in [-0.4, -0.2) is 6.09 Å². The fraction of sp³-hybridized carbons (Fsp3) is 0.143. The molecule has 0 bridgehead atoms. The van der Waals surface area contributed by atoms with Gasteiger partial charge in [-0.1, -0.05) is 11.6 Å². The van der Waals surface area contributed by atoms with Gasteiger partial charge in [-0.05, 0) is 24.3 Å². The Balaban J connectivity index is 0.00000200. The third-order valence-corrected chi connectivity index (χ3v) is 2.76. The summed E-state index contributed by atoms with van der Waals surface area (Å²) in [5.41, 5.74) is 1.58. The van der Waals surface area contributed by atoms with Gasteiger partial charge in [-0.3, -0.25) is 5.32 Å². The van der Waals surface area contributed by atoms with Gasteiger partial charge in [0.05, 0.1) is 0 Å². The normalized spacial score (nSPS) is 9.50. The van der Waals surface area contributed by atoms with Crippen LogP contribution in [0.15, 0.2) is 48.8 Å². The summed E-state index contributed by atoms with van der Waals surface area (Å²) in [7, 11) is 1.93. The second-order valence-corrected chi connectivity index (χ2v) is 4.52. The lowest BCUT2D eigenvalue weighted by molar-refractivity contribution is -0.671. The highest BCUT2D eigenvalue weighted by Gasteiger charge is 2.04. The molecular formula is C14H14ClIN2O2. The molecule has 2 aromatic rings. The molecule has 6 heteroatoms. The van der Waals surface area contributed by atoms with Gasteiger partial charge in [0.2, 0.25) is 0 Å². The largest absolute Gasteiger partial charge is 1.00 e. The summed E-state index contributed by atoms with van der Waals surface area (Å²) in [6.07, 6.45) is 3.31. The third kappa shape index (κ3) is 5.34. The van der Waals surface area contributed by atoms with Crippen molar-refractivity contribution in [2.24, 2.45) is 7.05 Å². The first-order valence-corrected chi connectivity index (χ1v) is 6.15. The second kappa shape index (κ2) is 8.06. The van der Waals surface area contributed by atoms with E-state index in [9.17, 15) is 4.79 Å². The van der Waals surface area contributed by atoms with E-state index in [0.717, 1.165) is 5.56 Å². The zero-order valence-electron chi connectivity index (χ0n) is 10.8. The van der Waals surface area contributed by atoms with Crippen LogP contribution in [-0.2, 0) is 18.4 Å². The SMILES string of the molecule is C[n+]1ccc(COC(=O)Nc2ccc(Cl)cc2)cc1.[I-]. The van der Waals surface area contributed by atoms with Crippen molar-refractivity contribution >= 4 is 23.4 Å².